The quantitative estimate of drug-likeness (QED) is 0.337. The zero-order valence-corrected chi connectivity index (χ0v) is 18.2. The van der Waals surface area contributed by atoms with Gasteiger partial charge in [-0.15, -0.1) is 0 Å². The van der Waals surface area contributed by atoms with Gasteiger partial charge >= 0.3 is 5.97 Å². The van der Waals surface area contributed by atoms with Crippen molar-refractivity contribution in [2.75, 3.05) is 7.11 Å². The summed E-state index contributed by atoms with van der Waals surface area (Å²) in [5, 5.41) is 2.04. The monoisotopic (exact) mass is 419 g/mol. The number of hydrogen-bond donors (Lipinski definition) is 1. The first-order valence-electron chi connectivity index (χ1n) is 9.92. The van der Waals surface area contributed by atoms with E-state index in [0.717, 1.165) is 22.1 Å². The van der Waals surface area contributed by atoms with Crippen molar-refractivity contribution in [3.05, 3.63) is 70.6 Å². The van der Waals surface area contributed by atoms with Gasteiger partial charge in [0.25, 0.3) is 0 Å². The Morgan fingerprint density at radius 3 is 2.35 bits per heavy atom. The fraction of sp³-hybridized carbons (Fsp3) is 0.240. The number of esters is 1. The van der Waals surface area contributed by atoms with Crippen LogP contribution in [0, 0.1) is 13.8 Å². The van der Waals surface area contributed by atoms with E-state index in [2.05, 4.69) is 4.98 Å². The second kappa shape index (κ2) is 9.00. The van der Waals surface area contributed by atoms with E-state index in [1.165, 1.54) is 19.9 Å². The summed E-state index contributed by atoms with van der Waals surface area (Å²) < 4.78 is 10.5. The predicted molar refractivity (Wildman–Crippen MR) is 120 cm³/mol. The van der Waals surface area contributed by atoms with E-state index in [-0.39, 0.29) is 17.3 Å². The molecule has 1 N–H and O–H groups in total. The summed E-state index contributed by atoms with van der Waals surface area (Å²) in [7, 11) is 1.62. The molecule has 1 unspecified atom stereocenters. The molecule has 0 aliphatic rings. The first-order chi connectivity index (χ1) is 14.7. The molecule has 0 aliphatic carbocycles. The Bertz CT molecular complexity index is 1200. The molecule has 3 aromatic rings. The molecule has 0 saturated heterocycles. The second-order valence-electron chi connectivity index (χ2n) is 7.43. The van der Waals surface area contributed by atoms with Crippen LogP contribution in [0.4, 0.5) is 0 Å². The van der Waals surface area contributed by atoms with Crippen LogP contribution in [-0.2, 0) is 9.53 Å². The molecular weight excluding hydrogens is 394 g/mol. The van der Waals surface area contributed by atoms with E-state index in [0.29, 0.717) is 16.8 Å². The van der Waals surface area contributed by atoms with Crippen LogP contribution in [0.5, 0.6) is 5.75 Å². The summed E-state index contributed by atoms with van der Waals surface area (Å²) >= 11 is 0. The fourth-order valence-electron chi connectivity index (χ4n) is 3.63. The Labute approximate surface area is 180 Å². The van der Waals surface area contributed by atoms with Crippen molar-refractivity contribution in [1.82, 2.24) is 4.98 Å². The summed E-state index contributed by atoms with van der Waals surface area (Å²) in [6.45, 7) is 6.41. The highest BCUT2D eigenvalue weighted by atomic mass is 16.5. The van der Waals surface area contributed by atoms with Crippen LogP contribution in [0.3, 0.4) is 0 Å². The maximum absolute atomic E-state index is 12.7. The van der Waals surface area contributed by atoms with Crippen LogP contribution in [-0.4, -0.2) is 35.7 Å². The molecule has 2 aromatic carbocycles. The lowest BCUT2D eigenvalue weighted by atomic mass is 10.0. The summed E-state index contributed by atoms with van der Waals surface area (Å²) in [6.07, 6.45) is 1.95. The Hall–Kier alpha value is -3.67. The summed E-state index contributed by atoms with van der Waals surface area (Å²) in [5.74, 6) is -0.342. The van der Waals surface area contributed by atoms with Crippen molar-refractivity contribution >= 4 is 34.4 Å². The van der Waals surface area contributed by atoms with E-state index >= 15 is 0 Å². The second-order valence-corrected chi connectivity index (χ2v) is 7.43. The number of aromatic nitrogens is 1. The van der Waals surface area contributed by atoms with E-state index < -0.39 is 12.1 Å². The highest BCUT2D eigenvalue weighted by molar-refractivity contribution is 6.05. The van der Waals surface area contributed by atoms with Gasteiger partial charge in [-0.1, -0.05) is 18.2 Å². The number of Topliss-reactive ketones (excluding diaryl/α,β-unsaturated/α-hetero) is 2. The van der Waals surface area contributed by atoms with Gasteiger partial charge < -0.3 is 14.5 Å². The van der Waals surface area contributed by atoms with Gasteiger partial charge in [-0.05, 0) is 73.9 Å². The van der Waals surface area contributed by atoms with E-state index in [4.69, 9.17) is 9.47 Å². The van der Waals surface area contributed by atoms with Crippen LogP contribution in [0.25, 0.3) is 16.8 Å². The van der Waals surface area contributed by atoms with Crippen molar-refractivity contribution < 1.29 is 23.9 Å². The van der Waals surface area contributed by atoms with E-state index in [1.54, 1.807) is 27.0 Å². The van der Waals surface area contributed by atoms with Gasteiger partial charge in [0, 0.05) is 17.3 Å². The molecule has 0 saturated carbocycles. The van der Waals surface area contributed by atoms with Gasteiger partial charge in [0.2, 0.25) is 5.78 Å². The number of ketones is 2. The van der Waals surface area contributed by atoms with E-state index in [1.807, 2.05) is 36.4 Å². The molecule has 160 valence electrons. The van der Waals surface area contributed by atoms with Crippen LogP contribution in [0.15, 0.2) is 42.5 Å². The Morgan fingerprint density at radius 2 is 1.71 bits per heavy atom. The smallest absolute Gasteiger partial charge is 0.331 e. The number of hydrogen-bond acceptors (Lipinski definition) is 5. The van der Waals surface area contributed by atoms with Gasteiger partial charge in [-0.25, -0.2) is 4.79 Å². The molecule has 0 amide bonds. The highest BCUT2D eigenvalue weighted by Crippen LogP contribution is 2.23. The van der Waals surface area contributed by atoms with Crippen LogP contribution in [0.2, 0.25) is 0 Å². The molecule has 0 spiro atoms. The lowest BCUT2D eigenvalue weighted by molar-refractivity contribution is -0.140. The van der Waals surface area contributed by atoms with Crippen molar-refractivity contribution in [3.63, 3.8) is 0 Å². The lowest BCUT2D eigenvalue weighted by Gasteiger charge is -2.10. The molecule has 0 fully saturated rings. The molecule has 1 aromatic heterocycles. The first-order valence-corrected chi connectivity index (χ1v) is 9.92. The number of rotatable bonds is 7. The molecule has 1 atom stereocenters. The molecular formula is C25H25NO5. The maximum atomic E-state index is 12.7. The number of methoxy groups -OCH3 is 1. The number of carbonyl (C=O) groups is 3. The number of H-pyrrole nitrogens is 1. The largest absolute Gasteiger partial charge is 0.497 e. The number of aromatic amines is 1. The van der Waals surface area contributed by atoms with Crippen LogP contribution in [0.1, 0.15) is 51.5 Å². The molecule has 31 heavy (non-hydrogen) atoms. The molecule has 0 bridgehead atoms. The van der Waals surface area contributed by atoms with Crippen molar-refractivity contribution in [2.24, 2.45) is 0 Å². The average Bonchev–Trinajstić information content (AvgIpc) is 3.04. The first kappa shape index (κ1) is 22.0. The standard InChI is InChI=1S/C25H25NO5/c1-14-23(16(3)27)15(2)26-24(14)25(29)17(4)31-22(28)11-7-18-6-8-20-13-21(30-5)10-9-19(20)12-18/h6-13,17,26H,1-5H3/b11-7+. The molecule has 6 nitrogen and oxygen atoms in total. The Balaban J connectivity index is 1.69. The number of aryl methyl sites for hydroxylation is 1. The molecule has 3 rings (SSSR count). The molecule has 6 heteroatoms. The Morgan fingerprint density at radius 1 is 1.03 bits per heavy atom. The number of ether oxygens (including phenoxy) is 2. The number of fused-ring (bicyclic) bond motifs is 1. The van der Waals surface area contributed by atoms with Gasteiger partial charge in [-0.3, -0.25) is 9.59 Å². The molecule has 0 radical (unpaired) electrons. The normalized spacial score (nSPS) is 12.2. The summed E-state index contributed by atoms with van der Waals surface area (Å²) in [5.41, 5.74) is 2.81. The molecule has 1 heterocycles. The van der Waals surface area contributed by atoms with Crippen LogP contribution >= 0.6 is 0 Å². The topological polar surface area (TPSA) is 85.5 Å². The third-order valence-electron chi connectivity index (χ3n) is 5.18. The Kier molecular flexibility index (Phi) is 6.39. The third kappa shape index (κ3) is 4.74. The minimum Gasteiger partial charge on any atom is -0.497 e. The van der Waals surface area contributed by atoms with Crippen LogP contribution < -0.4 is 4.74 Å². The predicted octanol–water partition coefficient (Wildman–Crippen LogP) is 4.82. The van der Waals surface area contributed by atoms with Gasteiger partial charge in [0.1, 0.15) is 5.75 Å². The lowest BCUT2D eigenvalue weighted by Crippen LogP contribution is -2.24. The average molecular weight is 419 g/mol. The van der Waals surface area contributed by atoms with Gasteiger partial charge in [0.05, 0.1) is 12.8 Å². The number of benzene rings is 2. The fourth-order valence-corrected chi connectivity index (χ4v) is 3.63. The highest BCUT2D eigenvalue weighted by Gasteiger charge is 2.25. The van der Waals surface area contributed by atoms with Crippen molar-refractivity contribution in [3.8, 4) is 5.75 Å². The SMILES string of the molecule is COc1ccc2cc(/C=C/C(=O)OC(C)C(=O)c3[nH]c(C)c(C(C)=O)c3C)ccc2c1. The number of nitrogens with one attached hydrogen (secondary N) is 1. The maximum Gasteiger partial charge on any atom is 0.331 e. The van der Waals surface area contributed by atoms with Gasteiger partial charge in [0.15, 0.2) is 11.9 Å². The summed E-state index contributed by atoms with van der Waals surface area (Å²) in [4.78, 5) is 39.7. The summed E-state index contributed by atoms with van der Waals surface area (Å²) in [6, 6.07) is 11.5. The zero-order chi connectivity index (χ0) is 22.7. The minimum atomic E-state index is -0.988. The minimum absolute atomic E-state index is 0.119. The van der Waals surface area contributed by atoms with Crippen molar-refractivity contribution in [1.29, 1.82) is 0 Å². The number of carbonyl (C=O) groups excluding carboxylic acids is 3. The van der Waals surface area contributed by atoms with Gasteiger partial charge in [-0.2, -0.15) is 0 Å². The van der Waals surface area contributed by atoms with E-state index in [9.17, 15) is 14.4 Å². The zero-order valence-electron chi connectivity index (χ0n) is 18.2. The molecule has 0 aliphatic heterocycles. The van der Waals surface area contributed by atoms with Crippen molar-refractivity contribution in [2.45, 2.75) is 33.8 Å². The third-order valence-corrected chi connectivity index (χ3v) is 5.18.